The van der Waals surface area contributed by atoms with Crippen molar-refractivity contribution >= 4 is 29.2 Å². The molecule has 1 amide bonds. The number of nitrogens with one attached hydrogen (secondary N) is 1. The molecule has 1 N–H and O–H groups in total. The molecular weight excluding hydrogens is 348 g/mol. The molecule has 0 aromatic heterocycles. The number of amides is 1. The van der Waals surface area contributed by atoms with Crippen molar-refractivity contribution < 1.29 is 13.6 Å². The first-order valence-electron chi connectivity index (χ1n) is 9.22. The number of rotatable bonds is 7. The number of carbonyl (C=O) groups excluding carboxylic acids is 1. The molecule has 3 rings (SSSR count). The van der Waals surface area contributed by atoms with E-state index in [-0.39, 0.29) is 11.7 Å². The first kappa shape index (κ1) is 19.0. The Morgan fingerprint density at radius 1 is 1.19 bits per heavy atom. The second-order valence-corrected chi connectivity index (χ2v) is 6.55. The predicted octanol–water partition coefficient (Wildman–Crippen LogP) is 5.03. The Balaban J connectivity index is 1.80. The highest BCUT2D eigenvalue weighted by molar-refractivity contribution is 6.12. The number of nitrogens with zero attached hydrogens (tertiary/aromatic N) is 2. The van der Waals surface area contributed by atoms with Gasteiger partial charge >= 0.3 is 0 Å². The highest BCUT2D eigenvalue weighted by atomic mass is 19.1. The standard InChI is InChI=1S/C21H23F2N3O/c1-3-5-10-26(4-2)20-9-7-15(12-18(20)23)24-13-17-16-11-14(22)6-8-19(16)25-21(17)27/h6-9,11-13,17H,3-5,10H2,1-2H3,(H,25,27). The Morgan fingerprint density at radius 3 is 2.70 bits per heavy atom. The summed E-state index contributed by atoms with van der Waals surface area (Å²) >= 11 is 0. The smallest absolute Gasteiger partial charge is 0.237 e. The zero-order valence-electron chi connectivity index (χ0n) is 15.5. The average molecular weight is 371 g/mol. The van der Waals surface area contributed by atoms with Gasteiger partial charge in [-0.3, -0.25) is 9.79 Å². The van der Waals surface area contributed by atoms with E-state index in [1.165, 1.54) is 30.5 Å². The molecule has 2 aromatic rings. The molecule has 4 nitrogen and oxygen atoms in total. The van der Waals surface area contributed by atoms with E-state index in [1.807, 2.05) is 11.8 Å². The fourth-order valence-electron chi connectivity index (χ4n) is 3.20. The van der Waals surface area contributed by atoms with Crippen LogP contribution in [0, 0.1) is 11.6 Å². The van der Waals surface area contributed by atoms with Crippen LogP contribution in [-0.4, -0.2) is 25.2 Å². The summed E-state index contributed by atoms with van der Waals surface area (Å²) < 4.78 is 28.0. The van der Waals surface area contributed by atoms with Gasteiger partial charge in [0.1, 0.15) is 17.6 Å². The molecule has 1 aliphatic heterocycles. The van der Waals surface area contributed by atoms with E-state index in [9.17, 15) is 13.6 Å². The van der Waals surface area contributed by atoms with Crippen molar-refractivity contribution in [1.29, 1.82) is 0 Å². The van der Waals surface area contributed by atoms with Crippen molar-refractivity contribution in [3.63, 3.8) is 0 Å². The zero-order valence-corrected chi connectivity index (χ0v) is 15.5. The van der Waals surface area contributed by atoms with Crippen LogP contribution in [0.4, 0.5) is 25.8 Å². The van der Waals surface area contributed by atoms with Crippen LogP contribution in [0.1, 0.15) is 38.2 Å². The van der Waals surface area contributed by atoms with Crippen molar-refractivity contribution in [3.05, 3.63) is 53.6 Å². The van der Waals surface area contributed by atoms with E-state index in [4.69, 9.17) is 0 Å². The van der Waals surface area contributed by atoms with Crippen LogP contribution in [0.15, 0.2) is 41.4 Å². The summed E-state index contributed by atoms with van der Waals surface area (Å²) in [4.78, 5) is 18.4. The van der Waals surface area contributed by atoms with Gasteiger partial charge in [-0.1, -0.05) is 13.3 Å². The van der Waals surface area contributed by atoms with Crippen LogP contribution in [0.25, 0.3) is 0 Å². The molecule has 1 heterocycles. The number of hydrogen-bond acceptors (Lipinski definition) is 3. The third-order valence-electron chi connectivity index (χ3n) is 4.70. The molecule has 0 saturated carbocycles. The van der Waals surface area contributed by atoms with Crippen LogP contribution in [0.5, 0.6) is 0 Å². The zero-order chi connectivity index (χ0) is 19.4. The van der Waals surface area contributed by atoms with Gasteiger partial charge in [-0.15, -0.1) is 0 Å². The van der Waals surface area contributed by atoms with Crippen LogP contribution in [0.2, 0.25) is 0 Å². The molecule has 27 heavy (non-hydrogen) atoms. The summed E-state index contributed by atoms with van der Waals surface area (Å²) in [5.41, 5.74) is 2.09. The number of unbranched alkanes of at least 4 members (excludes halogenated alkanes) is 1. The quantitative estimate of drug-likeness (QED) is 0.694. The molecular formula is C21H23F2N3O. The highest BCUT2D eigenvalue weighted by Gasteiger charge is 2.29. The summed E-state index contributed by atoms with van der Waals surface area (Å²) in [7, 11) is 0. The summed E-state index contributed by atoms with van der Waals surface area (Å²) in [5.74, 6) is -1.71. The molecule has 0 fully saturated rings. The Bertz CT molecular complexity index is 867. The maximum Gasteiger partial charge on any atom is 0.237 e. The SMILES string of the molecule is CCCCN(CC)c1ccc(N=CC2C(=O)Nc3ccc(F)cc32)cc1F. The molecule has 1 atom stereocenters. The Hall–Kier alpha value is -2.76. The van der Waals surface area contributed by atoms with Gasteiger partial charge in [-0.05, 0) is 49.2 Å². The largest absolute Gasteiger partial charge is 0.369 e. The number of benzene rings is 2. The van der Waals surface area contributed by atoms with Crippen LogP contribution < -0.4 is 10.2 Å². The number of carbonyl (C=O) groups is 1. The van der Waals surface area contributed by atoms with Gasteiger partial charge in [0.25, 0.3) is 0 Å². The molecule has 1 aliphatic rings. The summed E-state index contributed by atoms with van der Waals surface area (Å²) in [6.45, 7) is 5.63. The van der Waals surface area contributed by atoms with Crippen molar-refractivity contribution in [2.45, 2.75) is 32.6 Å². The van der Waals surface area contributed by atoms with Gasteiger partial charge in [0, 0.05) is 31.1 Å². The lowest BCUT2D eigenvalue weighted by molar-refractivity contribution is -0.115. The maximum absolute atomic E-state index is 14.5. The fourth-order valence-corrected chi connectivity index (χ4v) is 3.20. The minimum Gasteiger partial charge on any atom is -0.369 e. The molecule has 0 saturated heterocycles. The van der Waals surface area contributed by atoms with Crippen LogP contribution >= 0.6 is 0 Å². The van der Waals surface area contributed by atoms with Gasteiger partial charge < -0.3 is 10.2 Å². The second kappa shape index (κ2) is 8.29. The van der Waals surface area contributed by atoms with Crippen molar-refractivity contribution in [2.24, 2.45) is 4.99 Å². The van der Waals surface area contributed by atoms with E-state index < -0.39 is 11.7 Å². The Kier molecular flexibility index (Phi) is 5.84. The lowest BCUT2D eigenvalue weighted by atomic mass is 10.0. The van der Waals surface area contributed by atoms with Gasteiger partial charge in [0.2, 0.25) is 5.91 Å². The normalized spacial score (nSPS) is 15.9. The van der Waals surface area contributed by atoms with Crippen molar-refractivity contribution in [1.82, 2.24) is 0 Å². The van der Waals surface area contributed by atoms with Gasteiger partial charge in [-0.25, -0.2) is 8.78 Å². The highest BCUT2D eigenvalue weighted by Crippen LogP contribution is 2.32. The van der Waals surface area contributed by atoms with E-state index in [0.29, 0.717) is 22.6 Å². The third kappa shape index (κ3) is 4.15. The van der Waals surface area contributed by atoms with E-state index in [1.54, 1.807) is 12.1 Å². The fraction of sp³-hybridized carbons (Fsp3) is 0.333. The molecule has 6 heteroatoms. The van der Waals surface area contributed by atoms with Crippen LogP contribution in [-0.2, 0) is 4.79 Å². The van der Waals surface area contributed by atoms with E-state index >= 15 is 0 Å². The average Bonchev–Trinajstić information content (AvgIpc) is 2.96. The second-order valence-electron chi connectivity index (χ2n) is 6.55. The Morgan fingerprint density at radius 2 is 2.00 bits per heavy atom. The minimum absolute atomic E-state index is 0.270. The van der Waals surface area contributed by atoms with Crippen molar-refractivity contribution in [3.8, 4) is 0 Å². The number of aliphatic imine (C=N–C) groups is 1. The van der Waals surface area contributed by atoms with Gasteiger partial charge in [0.15, 0.2) is 0 Å². The molecule has 0 radical (unpaired) electrons. The first-order valence-corrected chi connectivity index (χ1v) is 9.22. The van der Waals surface area contributed by atoms with Crippen molar-refractivity contribution in [2.75, 3.05) is 23.3 Å². The molecule has 0 bridgehead atoms. The van der Waals surface area contributed by atoms with E-state index in [0.717, 1.165) is 25.9 Å². The molecule has 0 aliphatic carbocycles. The van der Waals surface area contributed by atoms with E-state index in [2.05, 4.69) is 17.2 Å². The monoisotopic (exact) mass is 371 g/mol. The summed E-state index contributed by atoms with van der Waals surface area (Å²) in [6.07, 6.45) is 3.48. The van der Waals surface area contributed by atoms with Gasteiger partial charge in [-0.2, -0.15) is 0 Å². The molecule has 1 unspecified atom stereocenters. The topological polar surface area (TPSA) is 44.7 Å². The third-order valence-corrected chi connectivity index (χ3v) is 4.70. The van der Waals surface area contributed by atoms with Crippen LogP contribution in [0.3, 0.4) is 0 Å². The Labute approximate surface area is 157 Å². The lowest BCUT2D eigenvalue weighted by Crippen LogP contribution is -2.24. The molecule has 142 valence electrons. The maximum atomic E-state index is 14.5. The first-order chi connectivity index (χ1) is 13.0. The lowest BCUT2D eigenvalue weighted by Gasteiger charge is -2.23. The number of anilines is 2. The number of halogens is 2. The number of hydrogen-bond donors (Lipinski definition) is 1. The number of fused-ring (bicyclic) bond motifs is 1. The molecule has 0 spiro atoms. The molecule has 2 aromatic carbocycles. The summed E-state index contributed by atoms with van der Waals surface area (Å²) in [6, 6.07) is 8.94. The summed E-state index contributed by atoms with van der Waals surface area (Å²) in [5, 5.41) is 2.70. The minimum atomic E-state index is -0.685. The van der Waals surface area contributed by atoms with Gasteiger partial charge in [0.05, 0.1) is 11.4 Å². The predicted molar refractivity (Wildman–Crippen MR) is 105 cm³/mol.